The Kier molecular flexibility index (Phi) is 4.74. The molecule has 4 aromatic rings. The van der Waals surface area contributed by atoms with Crippen molar-refractivity contribution in [3.05, 3.63) is 107 Å². The molecule has 0 fully saturated rings. The van der Waals surface area contributed by atoms with Gasteiger partial charge in [0.05, 0.1) is 0 Å². The van der Waals surface area contributed by atoms with Crippen LogP contribution in [0.15, 0.2) is 72.8 Å². The van der Waals surface area contributed by atoms with Crippen molar-refractivity contribution in [1.82, 2.24) is 0 Å². The van der Waals surface area contributed by atoms with Crippen molar-refractivity contribution in [3.8, 4) is 11.5 Å². The van der Waals surface area contributed by atoms with Crippen molar-refractivity contribution >= 4 is 10.8 Å². The topological polar surface area (TPSA) is 9.23 Å². The number of halogens is 4. The number of hydrogen-bond donors (Lipinski definition) is 0. The smallest absolute Gasteiger partial charge is 0.204 e. The fourth-order valence-electron chi connectivity index (χ4n) is 3.05. The highest BCUT2D eigenvalue weighted by Crippen LogP contribution is 2.35. The third-order valence-electron chi connectivity index (χ3n) is 4.48. The SMILES string of the molecule is Fc1c(F)c(Oc2ccc3ccccc3c2)c(F)c(F)c1Cc1ccccc1. The lowest BCUT2D eigenvalue weighted by atomic mass is 10.0. The Morgan fingerprint density at radius 3 is 1.89 bits per heavy atom. The van der Waals surface area contributed by atoms with E-state index in [4.69, 9.17) is 4.74 Å². The third kappa shape index (κ3) is 3.31. The minimum absolute atomic E-state index is 0.0751. The van der Waals surface area contributed by atoms with E-state index >= 15 is 0 Å². The van der Waals surface area contributed by atoms with Gasteiger partial charge in [0.15, 0.2) is 11.6 Å². The van der Waals surface area contributed by atoms with Gasteiger partial charge in [-0.1, -0.05) is 60.7 Å². The fraction of sp³-hybridized carbons (Fsp3) is 0.0435. The first kappa shape index (κ1) is 18.0. The Morgan fingerprint density at radius 1 is 0.607 bits per heavy atom. The lowest BCUT2D eigenvalue weighted by molar-refractivity contribution is 0.361. The summed E-state index contributed by atoms with van der Waals surface area (Å²) in [5.74, 6) is -7.05. The van der Waals surface area contributed by atoms with E-state index in [0.29, 0.717) is 5.56 Å². The number of ether oxygens (including phenoxy) is 1. The molecule has 0 atom stereocenters. The fourth-order valence-corrected chi connectivity index (χ4v) is 3.05. The van der Waals surface area contributed by atoms with Crippen molar-refractivity contribution in [2.75, 3.05) is 0 Å². The minimum atomic E-state index is -1.56. The Balaban J connectivity index is 1.73. The van der Waals surface area contributed by atoms with Gasteiger partial charge in [-0.25, -0.2) is 8.78 Å². The van der Waals surface area contributed by atoms with Gasteiger partial charge in [0.1, 0.15) is 5.75 Å². The predicted molar refractivity (Wildman–Crippen MR) is 99.5 cm³/mol. The first-order valence-electron chi connectivity index (χ1n) is 8.60. The van der Waals surface area contributed by atoms with Gasteiger partial charge in [-0.15, -0.1) is 0 Å². The lowest BCUT2D eigenvalue weighted by Gasteiger charge is -2.13. The molecule has 0 aliphatic rings. The Hall–Kier alpha value is -3.34. The van der Waals surface area contributed by atoms with Crippen molar-refractivity contribution in [1.29, 1.82) is 0 Å². The summed E-state index contributed by atoms with van der Waals surface area (Å²) in [5, 5.41) is 1.66. The summed E-state index contributed by atoms with van der Waals surface area (Å²) in [6, 6.07) is 20.3. The van der Waals surface area contributed by atoms with E-state index in [9.17, 15) is 17.6 Å². The maximum Gasteiger partial charge on any atom is 0.204 e. The average molecular weight is 382 g/mol. The first-order chi connectivity index (χ1) is 13.5. The molecule has 4 rings (SSSR count). The number of fused-ring (bicyclic) bond motifs is 1. The van der Waals surface area contributed by atoms with Crippen molar-refractivity contribution in [3.63, 3.8) is 0 Å². The van der Waals surface area contributed by atoms with E-state index < -0.39 is 34.6 Å². The zero-order valence-corrected chi connectivity index (χ0v) is 14.6. The van der Waals surface area contributed by atoms with E-state index in [1.54, 1.807) is 54.6 Å². The molecule has 0 amide bonds. The zero-order valence-electron chi connectivity index (χ0n) is 14.6. The van der Waals surface area contributed by atoms with Gasteiger partial charge in [0, 0.05) is 12.0 Å². The van der Waals surface area contributed by atoms with Crippen molar-refractivity contribution in [2.45, 2.75) is 6.42 Å². The summed E-state index contributed by atoms with van der Waals surface area (Å²) in [5.41, 5.74) is -0.144. The maximum absolute atomic E-state index is 14.5. The van der Waals surface area contributed by atoms with Crippen molar-refractivity contribution in [2.24, 2.45) is 0 Å². The summed E-state index contributed by atoms with van der Waals surface area (Å²) in [7, 11) is 0. The molecule has 0 saturated heterocycles. The standard InChI is InChI=1S/C23H14F4O/c24-19-18(12-14-6-2-1-3-7-14)20(25)22(27)23(21(19)26)28-17-11-10-15-8-4-5-9-16(15)13-17/h1-11,13H,12H2. The molecule has 0 spiro atoms. The second-order valence-electron chi connectivity index (χ2n) is 6.34. The van der Waals surface area contributed by atoms with Crippen LogP contribution in [0.2, 0.25) is 0 Å². The molecule has 0 heterocycles. The molecule has 0 bridgehead atoms. The summed E-state index contributed by atoms with van der Waals surface area (Å²) >= 11 is 0. The van der Waals surface area contributed by atoms with Crippen LogP contribution in [0, 0.1) is 23.3 Å². The number of rotatable bonds is 4. The molecule has 0 N–H and O–H groups in total. The van der Waals surface area contributed by atoms with Crippen LogP contribution < -0.4 is 4.74 Å². The highest BCUT2D eigenvalue weighted by Gasteiger charge is 2.27. The van der Waals surface area contributed by atoms with Gasteiger partial charge >= 0.3 is 0 Å². The average Bonchev–Trinajstić information content (AvgIpc) is 2.73. The van der Waals surface area contributed by atoms with Gasteiger partial charge in [-0.2, -0.15) is 8.78 Å². The molecule has 28 heavy (non-hydrogen) atoms. The van der Waals surface area contributed by atoms with E-state index in [2.05, 4.69) is 0 Å². The van der Waals surface area contributed by atoms with Crippen LogP contribution in [0.1, 0.15) is 11.1 Å². The monoisotopic (exact) mass is 382 g/mol. The molecule has 4 aromatic carbocycles. The maximum atomic E-state index is 14.5. The van der Waals surface area contributed by atoms with Crippen LogP contribution in [0.4, 0.5) is 17.6 Å². The molecule has 0 saturated carbocycles. The Bertz CT molecular complexity index is 1130. The third-order valence-corrected chi connectivity index (χ3v) is 4.48. The van der Waals surface area contributed by atoms with Crippen LogP contribution in [0.5, 0.6) is 11.5 Å². The first-order valence-corrected chi connectivity index (χ1v) is 8.60. The van der Waals surface area contributed by atoms with Gasteiger partial charge in [-0.3, -0.25) is 0 Å². The van der Waals surface area contributed by atoms with E-state index in [0.717, 1.165) is 10.8 Å². The van der Waals surface area contributed by atoms with Crippen LogP contribution >= 0.6 is 0 Å². The molecule has 0 aromatic heterocycles. The molecular weight excluding hydrogens is 368 g/mol. The number of benzene rings is 4. The Labute approximate surface area is 158 Å². The quantitative estimate of drug-likeness (QED) is 0.279. The highest BCUT2D eigenvalue weighted by atomic mass is 19.2. The van der Waals surface area contributed by atoms with Gasteiger partial charge < -0.3 is 4.74 Å². The van der Waals surface area contributed by atoms with Gasteiger partial charge in [0.25, 0.3) is 0 Å². The second-order valence-corrected chi connectivity index (χ2v) is 6.34. The molecule has 0 unspecified atom stereocenters. The van der Waals surface area contributed by atoms with Gasteiger partial charge in [-0.05, 0) is 28.5 Å². The van der Waals surface area contributed by atoms with Gasteiger partial charge in [0.2, 0.25) is 17.4 Å². The molecule has 140 valence electrons. The zero-order chi connectivity index (χ0) is 19.7. The van der Waals surface area contributed by atoms with Crippen LogP contribution in [0.3, 0.4) is 0 Å². The molecular formula is C23H14F4O. The minimum Gasteiger partial charge on any atom is -0.451 e. The highest BCUT2D eigenvalue weighted by molar-refractivity contribution is 5.83. The van der Waals surface area contributed by atoms with Crippen LogP contribution in [-0.2, 0) is 6.42 Å². The van der Waals surface area contributed by atoms with Crippen molar-refractivity contribution < 1.29 is 22.3 Å². The number of hydrogen-bond acceptors (Lipinski definition) is 1. The largest absolute Gasteiger partial charge is 0.451 e. The predicted octanol–water partition coefficient (Wildman–Crippen LogP) is 6.78. The summed E-state index contributed by atoms with van der Waals surface area (Å²) in [6.45, 7) is 0. The molecule has 0 radical (unpaired) electrons. The van der Waals surface area contributed by atoms with E-state index in [1.165, 1.54) is 6.07 Å². The van der Waals surface area contributed by atoms with Crippen LogP contribution in [-0.4, -0.2) is 0 Å². The Morgan fingerprint density at radius 2 is 1.21 bits per heavy atom. The molecule has 0 aliphatic carbocycles. The molecule has 0 aliphatic heterocycles. The van der Waals surface area contributed by atoms with E-state index in [-0.39, 0.29) is 12.2 Å². The normalized spacial score (nSPS) is 11.0. The second kappa shape index (κ2) is 7.35. The molecule has 5 heteroatoms. The summed E-state index contributed by atoms with van der Waals surface area (Å²) in [6.07, 6.45) is -0.275. The summed E-state index contributed by atoms with van der Waals surface area (Å²) in [4.78, 5) is 0. The van der Waals surface area contributed by atoms with E-state index in [1.807, 2.05) is 12.1 Å². The molecule has 1 nitrogen and oxygen atoms in total. The lowest BCUT2D eigenvalue weighted by Crippen LogP contribution is -2.07. The van der Waals surface area contributed by atoms with Crippen LogP contribution in [0.25, 0.3) is 10.8 Å². The summed E-state index contributed by atoms with van der Waals surface area (Å²) < 4.78 is 63.1.